The number of nitrogens with zero attached hydrogens (tertiary/aromatic N) is 2. The van der Waals surface area contributed by atoms with Gasteiger partial charge in [-0.15, -0.1) is 0 Å². The van der Waals surface area contributed by atoms with Gasteiger partial charge in [0.15, 0.2) is 0 Å². The van der Waals surface area contributed by atoms with Crippen molar-refractivity contribution in [2.45, 2.75) is 32.2 Å². The Balaban J connectivity index is 1.78. The Morgan fingerprint density at radius 1 is 1.33 bits per heavy atom. The maximum Gasteiger partial charge on any atom is 0.234 e. The van der Waals surface area contributed by atoms with Gasteiger partial charge in [-0.05, 0) is 26.0 Å². The molecule has 1 aliphatic heterocycles. The summed E-state index contributed by atoms with van der Waals surface area (Å²) in [6.07, 6.45) is 1.10. The first-order valence-electron chi connectivity index (χ1n) is 7.49. The van der Waals surface area contributed by atoms with Gasteiger partial charge >= 0.3 is 0 Å². The molecule has 1 fully saturated rings. The van der Waals surface area contributed by atoms with Gasteiger partial charge in [0, 0.05) is 11.6 Å². The molecule has 0 bridgehead atoms. The molecule has 21 heavy (non-hydrogen) atoms. The molecule has 5 nitrogen and oxygen atoms in total. The van der Waals surface area contributed by atoms with Crippen LogP contribution < -0.4 is 5.32 Å². The van der Waals surface area contributed by atoms with E-state index in [1.54, 1.807) is 0 Å². The van der Waals surface area contributed by atoms with Gasteiger partial charge in [0.1, 0.15) is 0 Å². The third kappa shape index (κ3) is 3.14. The zero-order valence-corrected chi connectivity index (χ0v) is 12.5. The lowest BCUT2D eigenvalue weighted by Gasteiger charge is -2.14. The molecule has 3 rings (SSSR count). The van der Waals surface area contributed by atoms with Gasteiger partial charge in [-0.3, -0.25) is 0 Å². The minimum Gasteiger partial charge on any atom is -0.379 e. The summed E-state index contributed by atoms with van der Waals surface area (Å²) in [5.74, 6) is 1.45. The summed E-state index contributed by atoms with van der Waals surface area (Å²) in [6.45, 7) is 6.52. The van der Waals surface area contributed by atoms with Crippen LogP contribution in [0, 0.1) is 6.92 Å². The fourth-order valence-electron chi connectivity index (χ4n) is 2.62. The molecule has 0 saturated carbocycles. The van der Waals surface area contributed by atoms with Crippen LogP contribution in [0.4, 0.5) is 0 Å². The Hall–Kier alpha value is -1.72. The quantitative estimate of drug-likeness (QED) is 0.915. The minimum absolute atomic E-state index is 0.141. The predicted molar refractivity (Wildman–Crippen MR) is 80.1 cm³/mol. The van der Waals surface area contributed by atoms with Crippen molar-refractivity contribution in [1.29, 1.82) is 0 Å². The second-order valence-electron chi connectivity index (χ2n) is 5.53. The van der Waals surface area contributed by atoms with Gasteiger partial charge in [0.2, 0.25) is 11.7 Å². The van der Waals surface area contributed by atoms with Crippen LogP contribution in [-0.4, -0.2) is 35.9 Å². The number of hydrogen-bond acceptors (Lipinski definition) is 5. The van der Waals surface area contributed by atoms with Gasteiger partial charge in [-0.1, -0.05) is 35.8 Å². The maximum absolute atomic E-state index is 5.56. The summed E-state index contributed by atoms with van der Waals surface area (Å²) in [7, 11) is 0. The second-order valence-corrected chi connectivity index (χ2v) is 5.53. The molecule has 0 aliphatic carbocycles. The highest BCUT2D eigenvalue weighted by Crippen LogP contribution is 2.26. The molecule has 2 heterocycles. The molecule has 5 heteroatoms. The van der Waals surface area contributed by atoms with Crippen LogP contribution in [0.1, 0.15) is 30.7 Å². The van der Waals surface area contributed by atoms with Crippen LogP contribution in [-0.2, 0) is 4.74 Å². The molecule has 112 valence electrons. The Morgan fingerprint density at radius 2 is 2.24 bits per heavy atom. The van der Waals surface area contributed by atoms with Crippen LogP contribution in [0.3, 0.4) is 0 Å². The normalized spacial score (nSPS) is 21.8. The highest BCUT2D eigenvalue weighted by atomic mass is 16.5. The number of aryl methyl sites for hydroxylation is 1. The van der Waals surface area contributed by atoms with Crippen molar-refractivity contribution in [3.05, 3.63) is 35.7 Å². The van der Waals surface area contributed by atoms with Crippen LogP contribution >= 0.6 is 0 Å². The maximum atomic E-state index is 5.56. The molecule has 2 atom stereocenters. The summed E-state index contributed by atoms with van der Waals surface area (Å²) < 4.78 is 11.0. The third-order valence-corrected chi connectivity index (χ3v) is 3.77. The minimum atomic E-state index is 0.141. The van der Waals surface area contributed by atoms with E-state index in [0.29, 0.717) is 24.9 Å². The highest BCUT2D eigenvalue weighted by Gasteiger charge is 2.33. The van der Waals surface area contributed by atoms with Crippen LogP contribution in [0.15, 0.2) is 28.8 Å². The van der Waals surface area contributed by atoms with E-state index in [2.05, 4.69) is 41.4 Å². The fraction of sp³-hybridized carbons (Fsp3) is 0.500. The van der Waals surface area contributed by atoms with Gasteiger partial charge in [0.05, 0.1) is 19.1 Å². The Kier molecular flexibility index (Phi) is 4.31. The van der Waals surface area contributed by atoms with Crippen LogP contribution in [0.5, 0.6) is 0 Å². The number of ether oxygens (including phenoxy) is 1. The summed E-state index contributed by atoms with van der Waals surface area (Å²) in [5, 5.41) is 7.60. The van der Waals surface area contributed by atoms with Gasteiger partial charge < -0.3 is 14.6 Å². The van der Waals surface area contributed by atoms with Gasteiger partial charge in [-0.25, -0.2) is 0 Å². The number of rotatable bonds is 5. The van der Waals surface area contributed by atoms with Crippen molar-refractivity contribution in [2.24, 2.45) is 0 Å². The van der Waals surface area contributed by atoms with E-state index in [0.717, 1.165) is 18.5 Å². The van der Waals surface area contributed by atoms with Crippen LogP contribution in [0.25, 0.3) is 11.4 Å². The Morgan fingerprint density at radius 3 is 3.05 bits per heavy atom. The molecule has 0 radical (unpaired) electrons. The molecule has 1 aromatic heterocycles. The molecular weight excluding hydrogens is 266 g/mol. The number of nitrogens with one attached hydrogen (secondary N) is 1. The van der Waals surface area contributed by atoms with E-state index in [4.69, 9.17) is 9.26 Å². The van der Waals surface area contributed by atoms with E-state index in [1.165, 1.54) is 5.56 Å². The molecule has 0 amide bonds. The lowest BCUT2D eigenvalue weighted by atomic mass is 10.0. The zero-order chi connectivity index (χ0) is 14.7. The summed E-state index contributed by atoms with van der Waals surface area (Å²) in [5.41, 5.74) is 2.17. The van der Waals surface area contributed by atoms with E-state index in [1.807, 2.05) is 12.1 Å². The van der Waals surface area contributed by atoms with Gasteiger partial charge in [-0.2, -0.15) is 4.98 Å². The lowest BCUT2D eigenvalue weighted by molar-refractivity contribution is 0.184. The van der Waals surface area contributed by atoms with E-state index in [-0.39, 0.29) is 12.0 Å². The monoisotopic (exact) mass is 287 g/mol. The standard InChI is InChI=1S/C16H21N3O2/c1-3-7-17-14-10-20-9-13(14)16-18-15(19-21-16)12-6-4-5-11(2)8-12/h4-6,8,13-14,17H,3,7,9-10H2,1-2H3. The third-order valence-electron chi connectivity index (χ3n) is 3.77. The molecule has 0 spiro atoms. The first kappa shape index (κ1) is 14.2. The largest absolute Gasteiger partial charge is 0.379 e. The molecule has 1 aliphatic rings. The second kappa shape index (κ2) is 6.37. The Labute approximate surface area is 124 Å². The number of benzene rings is 1. The van der Waals surface area contributed by atoms with Crippen molar-refractivity contribution < 1.29 is 9.26 Å². The van der Waals surface area contributed by atoms with Crippen molar-refractivity contribution >= 4 is 0 Å². The van der Waals surface area contributed by atoms with Crippen molar-refractivity contribution in [2.75, 3.05) is 19.8 Å². The first-order valence-corrected chi connectivity index (χ1v) is 7.49. The fourth-order valence-corrected chi connectivity index (χ4v) is 2.62. The number of hydrogen-bond donors (Lipinski definition) is 1. The predicted octanol–water partition coefficient (Wildman–Crippen LogP) is 2.53. The average Bonchev–Trinajstić information content (AvgIpc) is 3.13. The first-order chi connectivity index (χ1) is 10.3. The molecule has 1 aromatic carbocycles. The summed E-state index contributed by atoms with van der Waals surface area (Å²) >= 11 is 0. The van der Waals surface area contributed by atoms with E-state index < -0.39 is 0 Å². The lowest BCUT2D eigenvalue weighted by Crippen LogP contribution is -2.34. The zero-order valence-electron chi connectivity index (χ0n) is 12.5. The summed E-state index contributed by atoms with van der Waals surface area (Å²) in [4.78, 5) is 4.56. The Bertz CT molecular complexity index is 597. The van der Waals surface area contributed by atoms with Gasteiger partial charge in [0.25, 0.3) is 0 Å². The smallest absolute Gasteiger partial charge is 0.234 e. The van der Waals surface area contributed by atoms with E-state index >= 15 is 0 Å². The number of aromatic nitrogens is 2. The topological polar surface area (TPSA) is 60.2 Å². The van der Waals surface area contributed by atoms with Crippen molar-refractivity contribution in [3.63, 3.8) is 0 Å². The van der Waals surface area contributed by atoms with Crippen LogP contribution in [0.2, 0.25) is 0 Å². The SMILES string of the molecule is CCCNC1COCC1c1nc(-c2cccc(C)c2)no1. The van der Waals surface area contributed by atoms with Crippen molar-refractivity contribution in [3.8, 4) is 11.4 Å². The summed E-state index contributed by atoms with van der Waals surface area (Å²) in [6, 6.07) is 8.38. The molecule has 2 aromatic rings. The molecule has 1 N–H and O–H groups in total. The molecule has 1 saturated heterocycles. The van der Waals surface area contributed by atoms with Crippen molar-refractivity contribution in [1.82, 2.24) is 15.5 Å². The average molecular weight is 287 g/mol. The molecular formula is C16H21N3O2. The molecule has 2 unspecified atom stereocenters. The highest BCUT2D eigenvalue weighted by molar-refractivity contribution is 5.55. The van der Waals surface area contributed by atoms with E-state index in [9.17, 15) is 0 Å².